The van der Waals surface area contributed by atoms with E-state index in [1.165, 1.54) is 56.3 Å². The monoisotopic (exact) mass is 548 g/mol. The van der Waals surface area contributed by atoms with Gasteiger partial charge >= 0.3 is 0 Å². The molecule has 3 fully saturated rings. The summed E-state index contributed by atoms with van der Waals surface area (Å²) >= 11 is 2.07. The Morgan fingerprint density at radius 3 is 2.77 bits per heavy atom. The van der Waals surface area contributed by atoms with Crippen LogP contribution >= 0.6 is 35.7 Å². The van der Waals surface area contributed by atoms with Crippen LogP contribution in [0.5, 0.6) is 0 Å². The van der Waals surface area contributed by atoms with E-state index >= 15 is 0 Å². The Kier molecular flexibility index (Phi) is 8.88. The summed E-state index contributed by atoms with van der Waals surface area (Å²) in [6.45, 7) is 4.89. The van der Waals surface area contributed by atoms with Crippen molar-refractivity contribution in [3.8, 4) is 0 Å². The van der Waals surface area contributed by atoms with Gasteiger partial charge in [-0.1, -0.05) is 12.8 Å². The molecule has 1 aromatic heterocycles. The predicted molar refractivity (Wildman–Crippen MR) is 135 cm³/mol. The summed E-state index contributed by atoms with van der Waals surface area (Å²) < 4.78 is 14.0. The zero-order chi connectivity index (χ0) is 20.1. The molecule has 0 radical (unpaired) electrons. The van der Waals surface area contributed by atoms with Crippen molar-refractivity contribution in [1.82, 2.24) is 20.5 Å². The minimum Gasteiger partial charge on any atom is -0.355 e. The van der Waals surface area contributed by atoms with Crippen LogP contribution in [0.25, 0.3) is 0 Å². The zero-order valence-corrected chi connectivity index (χ0v) is 20.9. The van der Waals surface area contributed by atoms with Crippen LogP contribution in [0.4, 0.5) is 10.2 Å². The standard InChI is InChI=1S/C21H33FN6S.HI/c1-23-20(25-16-21(7-2-3-8-21)28-11-13-29-14-12-28)26-17-6-10-27(15-17)19-18(22)5-4-9-24-19;/h4-5,9,17H,2-3,6-8,10-16H2,1H3,(H2,23,25,26);1H. The number of hydrogen-bond donors (Lipinski definition) is 2. The number of rotatable bonds is 5. The van der Waals surface area contributed by atoms with Crippen molar-refractivity contribution in [2.24, 2.45) is 4.99 Å². The van der Waals surface area contributed by atoms with E-state index in [4.69, 9.17) is 0 Å². The molecule has 30 heavy (non-hydrogen) atoms. The van der Waals surface area contributed by atoms with E-state index in [0.717, 1.165) is 32.0 Å². The minimum atomic E-state index is -0.251. The number of halogens is 2. The molecule has 3 heterocycles. The number of pyridine rings is 1. The molecule has 0 bridgehead atoms. The fourth-order valence-electron chi connectivity index (χ4n) is 4.99. The van der Waals surface area contributed by atoms with Gasteiger partial charge in [-0.3, -0.25) is 9.89 Å². The van der Waals surface area contributed by atoms with Gasteiger partial charge in [-0.05, 0) is 31.4 Å². The van der Waals surface area contributed by atoms with Crippen LogP contribution in [0.15, 0.2) is 23.3 Å². The Hall–Kier alpha value is -0.810. The van der Waals surface area contributed by atoms with E-state index in [-0.39, 0.29) is 41.4 Å². The topological polar surface area (TPSA) is 55.8 Å². The maximum absolute atomic E-state index is 14.0. The van der Waals surface area contributed by atoms with Crippen molar-refractivity contribution in [3.63, 3.8) is 0 Å². The number of aromatic nitrogens is 1. The predicted octanol–water partition coefficient (Wildman–Crippen LogP) is 2.94. The van der Waals surface area contributed by atoms with Crippen LogP contribution in [0.1, 0.15) is 32.1 Å². The van der Waals surface area contributed by atoms with E-state index in [0.29, 0.717) is 5.82 Å². The molecule has 6 nitrogen and oxygen atoms in total. The lowest BCUT2D eigenvalue weighted by Gasteiger charge is -2.43. The number of guanidine groups is 1. The number of nitrogens with zero attached hydrogens (tertiary/aromatic N) is 4. The third kappa shape index (κ3) is 5.51. The van der Waals surface area contributed by atoms with Crippen molar-refractivity contribution in [1.29, 1.82) is 0 Å². The van der Waals surface area contributed by atoms with Gasteiger partial charge < -0.3 is 15.5 Å². The molecule has 0 spiro atoms. The highest BCUT2D eigenvalue weighted by molar-refractivity contribution is 14.0. The first-order chi connectivity index (χ1) is 14.2. The van der Waals surface area contributed by atoms with Crippen LogP contribution in [-0.4, -0.2) is 78.7 Å². The van der Waals surface area contributed by atoms with Crippen molar-refractivity contribution in [3.05, 3.63) is 24.1 Å². The second-order valence-electron chi connectivity index (χ2n) is 8.34. The lowest BCUT2D eigenvalue weighted by molar-refractivity contribution is 0.107. The van der Waals surface area contributed by atoms with Gasteiger partial charge in [0.2, 0.25) is 0 Å². The molecule has 0 aromatic carbocycles. The van der Waals surface area contributed by atoms with E-state index in [1.807, 2.05) is 11.9 Å². The van der Waals surface area contributed by atoms with E-state index < -0.39 is 0 Å². The Morgan fingerprint density at radius 1 is 1.30 bits per heavy atom. The average molecular weight is 549 g/mol. The maximum Gasteiger partial charge on any atom is 0.191 e. The zero-order valence-electron chi connectivity index (χ0n) is 17.8. The molecule has 2 aliphatic heterocycles. The van der Waals surface area contributed by atoms with Crippen LogP contribution in [0.3, 0.4) is 0 Å². The molecule has 4 rings (SSSR count). The number of hydrogen-bond acceptors (Lipinski definition) is 5. The highest BCUT2D eigenvalue weighted by atomic mass is 127. The molecule has 9 heteroatoms. The van der Waals surface area contributed by atoms with E-state index in [2.05, 4.69) is 37.3 Å². The van der Waals surface area contributed by atoms with Crippen LogP contribution < -0.4 is 15.5 Å². The van der Waals surface area contributed by atoms with Crippen LogP contribution in [-0.2, 0) is 0 Å². The van der Waals surface area contributed by atoms with Crippen molar-refractivity contribution < 1.29 is 4.39 Å². The Bertz CT molecular complexity index is 708. The molecule has 1 unspecified atom stereocenters. The van der Waals surface area contributed by atoms with Crippen LogP contribution in [0.2, 0.25) is 0 Å². The summed E-state index contributed by atoms with van der Waals surface area (Å²) in [4.78, 5) is 13.4. The summed E-state index contributed by atoms with van der Waals surface area (Å²) in [6, 6.07) is 3.36. The summed E-state index contributed by atoms with van der Waals surface area (Å²) in [5, 5.41) is 7.18. The second kappa shape index (κ2) is 11.2. The maximum atomic E-state index is 14.0. The fraction of sp³-hybridized carbons (Fsp3) is 0.714. The van der Waals surface area contributed by atoms with Crippen molar-refractivity contribution in [2.75, 3.05) is 56.2 Å². The minimum absolute atomic E-state index is 0. The summed E-state index contributed by atoms with van der Waals surface area (Å²) in [6.07, 6.45) is 7.80. The molecule has 1 saturated carbocycles. The first-order valence-corrected chi connectivity index (χ1v) is 12.0. The van der Waals surface area contributed by atoms with Gasteiger partial charge in [0.05, 0.1) is 0 Å². The van der Waals surface area contributed by atoms with E-state index in [1.54, 1.807) is 12.3 Å². The summed E-state index contributed by atoms with van der Waals surface area (Å²) in [7, 11) is 1.83. The molecule has 1 aromatic rings. The molecule has 2 saturated heterocycles. The van der Waals surface area contributed by atoms with Crippen molar-refractivity contribution >= 4 is 47.5 Å². The first-order valence-electron chi connectivity index (χ1n) is 10.9. The lowest BCUT2D eigenvalue weighted by Crippen LogP contribution is -2.58. The van der Waals surface area contributed by atoms with Crippen molar-refractivity contribution in [2.45, 2.75) is 43.7 Å². The van der Waals surface area contributed by atoms with E-state index in [9.17, 15) is 4.39 Å². The number of nitrogens with one attached hydrogen (secondary N) is 2. The first kappa shape index (κ1) is 23.8. The molecule has 0 amide bonds. The Labute approximate surface area is 200 Å². The van der Waals surface area contributed by atoms with Gasteiger partial charge in [0.25, 0.3) is 0 Å². The van der Waals surface area contributed by atoms with Gasteiger partial charge in [0.1, 0.15) is 0 Å². The Balaban J connectivity index is 0.00000256. The van der Waals surface area contributed by atoms with Gasteiger partial charge in [-0.15, -0.1) is 24.0 Å². The quantitative estimate of drug-likeness (QED) is 0.336. The molecule has 1 atom stereocenters. The summed E-state index contributed by atoms with van der Waals surface area (Å²) in [5.41, 5.74) is 0.275. The second-order valence-corrected chi connectivity index (χ2v) is 9.57. The van der Waals surface area contributed by atoms with Crippen LogP contribution in [0, 0.1) is 5.82 Å². The highest BCUT2D eigenvalue weighted by Crippen LogP contribution is 2.36. The molecular formula is C21H34FIN6S. The smallest absolute Gasteiger partial charge is 0.191 e. The highest BCUT2D eigenvalue weighted by Gasteiger charge is 2.40. The normalized spacial score (nSPS) is 24.5. The SMILES string of the molecule is CN=C(NCC1(N2CCSCC2)CCCC1)NC1CCN(c2ncccc2F)C1.I. The average Bonchev–Trinajstić information content (AvgIpc) is 3.42. The molecular weight excluding hydrogens is 514 g/mol. The van der Waals surface area contributed by atoms with Gasteiger partial charge in [0, 0.05) is 69.1 Å². The van der Waals surface area contributed by atoms with Gasteiger partial charge in [-0.25, -0.2) is 9.37 Å². The third-order valence-corrected chi connectivity index (χ3v) is 7.53. The lowest BCUT2D eigenvalue weighted by atomic mass is 9.94. The fourth-order valence-corrected chi connectivity index (χ4v) is 5.90. The molecule has 168 valence electrons. The molecule has 3 aliphatic rings. The largest absolute Gasteiger partial charge is 0.355 e. The van der Waals surface area contributed by atoms with Gasteiger partial charge in [0.15, 0.2) is 17.6 Å². The number of anilines is 1. The molecule has 1 aliphatic carbocycles. The molecule has 2 N–H and O–H groups in total. The summed E-state index contributed by atoms with van der Waals surface area (Å²) in [5.74, 6) is 3.55. The number of aliphatic imine (C=N–C) groups is 1. The third-order valence-electron chi connectivity index (χ3n) is 6.59. The Morgan fingerprint density at radius 2 is 2.07 bits per heavy atom. The number of thioether (sulfide) groups is 1. The van der Waals surface area contributed by atoms with Gasteiger partial charge in [-0.2, -0.15) is 11.8 Å².